The Hall–Kier alpha value is -3.41. The average molecular weight is 1140 g/mol. The van der Waals surface area contributed by atoms with Gasteiger partial charge in [-0.3, -0.25) is 14.4 Å². The molecule has 0 bridgehead atoms. The van der Waals surface area contributed by atoms with Crippen molar-refractivity contribution in [3.05, 3.63) is 85.1 Å². The van der Waals surface area contributed by atoms with Crippen LogP contribution < -0.4 is 0 Å². The highest BCUT2D eigenvalue weighted by Gasteiger charge is 2.19. The molecule has 0 aromatic heterocycles. The maximum atomic E-state index is 12.9. The molecule has 0 aliphatic rings. The van der Waals surface area contributed by atoms with E-state index in [4.69, 9.17) is 14.2 Å². The number of carbonyl (C=O) groups excluding carboxylic acids is 3. The van der Waals surface area contributed by atoms with Crippen LogP contribution in [0.5, 0.6) is 0 Å². The standard InChI is InChI=1S/C76H134O6/c1-4-7-10-13-16-19-22-25-27-29-31-33-35-36-37-38-39-40-42-43-45-47-49-51-54-57-60-63-66-69-75(78)81-72-73(71-80-74(77)68-65-62-59-56-53-24-21-18-15-12-9-6-3)82-76(79)70-67-64-61-58-55-52-50-48-46-44-41-34-32-30-28-26-23-20-17-14-11-8-5-2/h8,11,17,20,26,28,32,34,44,46,50,52,58,61,73H,4-7,9-10,12-16,18-19,21-25,27,29-31,33,35-43,45,47-49,51,53-57,59-60,62-72H2,1-3H3/b11-8-,20-17-,28-26-,34-32-,46-44-,52-50-,61-58-. The summed E-state index contributed by atoms with van der Waals surface area (Å²) in [5.41, 5.74) is 0. The topological polar surface area (TPSA) is 78.9 Å². The largest absolute Gasteiger partial charge is 0.462 e. The summed E-state index contributed by atoms with van der Waals surface area (Å²) < 4.78 is 16.9. The van der Waals surface area contributed by atoms with Crippen molar-refractivity contribution in [3.63, 3.8) is 0 Å². The second kappa shape index (κ2) is 70.1. The summed E-state index contributed by atoms with van der Waals surface area (Å²) in [6.45, 7) is 6.53. The zero-order chi connectivity index (χ0) is 59.2. The Bertz CT molecular complexity index is 1550. The van der Waals surface area contributed by atoms with E-state index < -0.39 is 6.10 Å². The quantitative estimate of drug-likeness (QED) is 0.0261. The fourth-order valence-corrected chi connectivity index (χ4v) is 10.4. The molecular formula is C76H134O6. The van der Waals surface area contributed by atoms with Crippen LogP contribution >= 0.6 is 0 Å². The molecule has 0 aliphatic heterocycles. The third kappa shape index (κ3) is 67.4. The molecule has 0 fully saturated rings. The highest BCUT2D eigenvalue weighted by Crippen LogP contribution is 2.18. The van der Waals surface area contributed by atoms with E-state index in [-0.39, 0.29) is 37.5 Å². The fraction of sp³-hybridized carbons (Fsp3) is 0.776. The number of ether oxygens (including phenoxy) is 3. The van der Waals surface area contributed by atoms with Gasteiger partial charge in [0.05, 0.1) is 0 Å². The number of carbonyl (C=O) groups is 3. The lowest BCUT2D eigenvalue weighted by molar-refractivity contribution is -0.167. The van der Waals surface area contributed by atoms with Crippen LogP contribution in [0.4, 0.5) is 0 Å². The van der Waals surface area contributed by atoms with Gasteiger partial charge in [0, 0.05) is 19.3 Å². The molecule has 1 atom stereocenters. The van der Waals surface area contributed by atoms with E-state index in [0.29, 0.717) is 19.3 Å². The highest BCUT2D eigenvalue weighted by molar-refractivity contribution is 5.71. The van der Waals surface area contributed by atoms with E-state index in [0.717, 1.165) is 89.9 Å². The van der Waals surface area contributed by atoms with Crippen LogP contribution in [0.15, 0.2) is 85.1 Å². The molecule has 0 aromatic carbocycles. The Morgan fingerprint density at radius 2 is 0.476 bits per heavy atom. The first-order valence-corrected chi connectivity index (χ1v) is 35.6. The molecule has 0 aliphatic carbocycles. The number of unbranched alkanes of at least 4 members (excludes halogenated alkanes) is 40. The molecule has 0 rings (SSSR count). The fourth-order valence-electron chi connectivity index (χ4n) is 10.4. The Morgan fingerprint density at radius 3 is 0.732 bits per heavy atom. The van der Waals surface area contributed by atoms with Gasteiger partial charge in [-0.2, -0.15) is 0 Å². The first-order chi connectivity index (χ1) is 40.5. The van der Waals surface area contributed by atoms with Crippen LogP contribution in [0, 0.1) is 0 Å². The second-order valence-corrected chi connectivity index (χ2v) is 23.8. The Kier molecular flexibility index (Phi) is 67.2. The second-order valence-electron chi connectivity index (χ2n) is 23.8. The summed E-state index contributed by atoms with van der Waals surface area (Å²) in [5.74, 6) is -0.937. The summed E-state index contributed by atoms with van der Waals surface area (Å²) in [5, 5.41) is 0. The summed E-state index contributed by atoms with van der Waals surface area (Å²) in [4.78, 5) is 38.4. The van der Waals surface area contributed by atoms with Crippen molar-refractivity contribution in [3.8, 4) is 0 Å². The molecule has 0 aromatic rings. The third-order valence-electron chi connectivity index (χ3n) is 15.7. The predicted molar refractivity (Wildman–Crippen MR) is 358 cm³/mol. The maximum absolute atomic E-state index is 12.9. The van der Waals surface area contributed by atoms with Crippen LogP contribution in [0.1, 0.15) is 361 Å². The lowest BCUT2D eigenvalue weighted by Crippen LogP contribution is -2.30. The van der Waals surface area contributed by atoms with Crippen LogP contribution in [0.2, 0.25) is 0 Å². The number of esters is 3. The average Bonchev–Trinajstić information content (AvgIpc) is 3.47. The molecule has 6 heteroatoms. The molecule has 0 saturated carbocycles. The lowest BCUT2D eigenvalue weighted by Gasteiger charge is -2.18. The van der Waals surface area contributed by atoms with E-state index in [9.17, 15) is 14.4 Å². The van der Waals surface area contributed by atoms with Gasteiger partial charge in [-0.25, -0.2) is 0 Å². The van der Waals surface area contributed by atoms with Crippen molar-refractivity contribution in [1.82, 2.24) is 0 Å². The van der Waals surface area contributed by atoms with Crippen molar-refractivity contribution < 1.29 is 28.6 Å². The van der Waals surface area contributed by atoms with Crippen molar-refractivity contribution in [2.24, 2.45) is 0 Å². The van der Waals surface area contributed by atoms with Gasteiger partial charge in [0.15, 0.2) is 6.10 Å². The molecule has 82 heavy (non-hydrogen) atoms. The molecule has 0 N–H and O–H groups in total. The molecule has 6 nitrogen and oxygen atoms in total. The van der Waals surface area contributed by atoms with Gasteiger partial charge >= 0.3 is 17.9 Å². The van der Waals surface area contributed by atoms with Crippen LogP contribution in [-0.4, -0.2) is 37.2 Å². The van der Waals surface area contributed by atoms with Crippen molar-refractivity contribution in [2.75, 3.05) is 13.2 Å². The van der Waals surface area contributed by atoms with Crippen molar-refractivity contribution in [1.29, 1.82) is 0 Å². The van der Waals surface area contributed by atoms with Crippen LogP contribution in [-0.2, 0) is 28.6 Å². The van der Waals surface area contributed by atoms with E-state index in [2.05, 4.69) is 106 Å². The monoisotopic (exact) mass is 1140 g/mol. The SMILES string of the molecule is CC/C=C\C/C=C\C/C=C\C/C=C\C/C=C\C/C=C\C/C=C\CCCC(=O)OC(COC(=O)CCCCCCCCCCCCCC)COC(=O)CCCCCCCCCCCCCCCCCCCCCCCCCCCCCCC. The smallest absolute Gasteiger partial charge is 0.306 e. The number of hydrogen-bond acceptors (Lipinski definition) is 6. The Labute approximate surface area is 509 Å². The van der Waals surface area contributed by atoms with Gasteiger partial charge in [-0.1, -0.05) is 356 Å². The van der Waals surface area contributed by atoms with Gasteiger partial charge in [-0.05, 0) is 70.6 Å². The summed E-state index contributed by atoms with van der Waals surface area (Å²) in [6.07, 6.45) is 93.5. The minimum atomic E-state index is -0.806. The molecule has 0 amide bonds. The van der Waals surface area contributed by atoms with Crippen LogP contribution in [0.3, 0.4) is 0 Å². The first kappa shape index (κ1) is 78.6. The van der Waals surface area contributed by atoms with Gasteiger partial charge in [0.25, 0.3) is 0 Å². The van der Waals surface area contributed by atoms with E-state index in [1.807, 2.05) is 0 Å². The Balaban J connectivity index is 4.27. The zero-order valence-electron chi connectivity index (χ0n) is 54.5. The number of rotatable bonds is 65. The lowest BCUT2D eigenvalue weighted by atomic mass is 10.0. The molecule has 0 radical (unpaired) electrons. The molecule has 0 saturated heterocycles. The minimum absolute atomic E-state index is 0.0954. The van der Waals surface area contributed by atoms with Crippen LogP contribution in [0.25, 0.3) is 0 Å². The summed E-state index contributed by atoms with van der Waals surface area (Å²) in [6, 6.07) is 0. The highest BCUT2D eigenvalue weighted by atomic mass is 16.6. The maximum Gasteiger partial charge on any atom is 0.306 e. The van der Waals surface area contributed by atoms with Crippen molar-refractivity contribution >= 4 is 17.9 Å². The van der Waals surface area contributed by atoms with E-state index >= 15 is 0 Å². The van der Waals surface area contributed by atoms with Crippen molar-refractivity contribution in [2.45, 2.75) is 367 Å². The predicted octanol–water partition coefficient (Wildman–Crippen LogP) is 24.6. The molecule has 0 spiro atoms. The first-order valence-electron chi connectivity index (χ1n) is 35.6. The number of hydrogen-bond donors (Lipinski definition) is 0. The third-order valence-corrected chi connectivity index (χ3v) is 15.7. The Morgan fingerprint density at radius 1 is 0.256 bits per heavy atom. The zero-order valence-corrected chi connectivity index (χ0v) is 54.5. The van der Waals surface area contributed by atoms with Gasteiger partial charge in [0.2, 0.25) is 0 Å². The van der Waals surface area contributed by atoms with E-state index in [1.165, 1.54) is 225 Å². The minimum Gasteiger partial charge on any atom is -0.462 e. The molecule has 0 heterocycles. The van der Waals surface area contributed by atoms with Gasteiger partial charge in [0.1, 0.15) is 13.2 Å². The van der Waals surface area contributed by atoms with Gasteiger partial charge in [-0.15, -0.1) is 0 Å². The van der Waals surface area contributed by atoms with E-state index in [1.54, 1.807) is 0 Å². The normalized spacial score (nSPS) is 12.6. The van der Waals surface area contributed by atoms with Gasteiger partial charge < -0.3 is 14.2 Å². The summed E-state index contributed by atoms with van der Waals surface area (Å²) in [7, 11) is 0. The summed E-state index contributed by atoms with van der Waals surface area (Å²) >= 11 is 0. The molecule has 1 unspecified atom stereocenters. The number of allylic oxidation sites excluding steroid dienone is 14. The molecule has 474 valence electrons. The molecular weight excluding hydrogens is 1010 g/mol.